The molecule has 0 spiro atoms. The molecule has 0 saturated heterocycles. The lowest BCUT2D eigenvalue weighted by Crippen LogP contribution is -2.10. The van der Waals surface area contributed by atoms with E-state index in [1.54, 1.807) is 0 Å². The van der Waals surface area contributed by atoms with Gasteiger partial charge in [0, 0.05) is 22.5 Å². The van der Waals surface area contributed by atoms with Crippen LogP contribution in [0.25, 0.3) is 10.9 Å². The summed E-state index contributed by atoms with van der Waals surface area (Å²) in [5.74, 6) is 0.877. The number of halogens is 1. The van der Waals surface area contributed by atoms with Crippen LogP contribution in [0.3, 0.4) is 0 Å². The van der Waals surface area contributed by atoms with Crippen LogP contribution in [-0.2, 0) is 6.61 Å². The molecule has 30 heavy (non-hydrogen) atoms. The van der Waals surface area contributed by atoms with Gasteiger partial charge in [0.15, 0.2) is 0 Å². The smallest absolute Gasteiger partial charge is 0.144 e. The van der Waals surface area contributed by atoms with Crippen LogP contribution in [0.4, 0.5) is 0 Å². The van der Waals surface area contributed by atoms with Gasteiger partial charge in [0.1, 0.15) is 12.4 Å². The van der Waals surface area contributed by atoms with Crippen molar-refractivity contribution in [3.63, 3.8) is 0 Å². The van der Waals surface area contributed by atoms with Crippen molar-refractivity contribution >= 4 is 26.8 Å². The maximum absolute atomic E-state index is 9.03. The molecule has 0 aliphatic carbocycles. The largest absolute Gasteiger partial charge is 0.487 e. The average Bonchev–Trinajstić information content (AvgIpc) is 3.20. The van der Waals surface area contributed by atoms with Crippen LogP contribution >= 0.6 is 15.9 Å². The SMILES string of the molecule is N#CCCC[C@@H](c1cccc(Br)c1)n1ccc2cccc(OCc3ccccc3)c21. The fourth-order valence-corrected chi connectivity index (χ4v) is 4.27. The number of benzene rings is 3. The maximum Gasteiger partial charge on any atom is 0.144 e. The van der Waals surface area contributed by atoms with E-state index in [1.165, 1.54) is 5.56 Å². The Balaban J connectivity index is 1.72. The van der Waals surface area contributed by atoms with E-state index in [4.69, 9.17) is 10.00 Å². The summed E-state index contributed by atoms with van der Waals surface area (Å²) in [6.07, 6.45) is 4.43. The Morgan fingerprint density at radius 1 is 0.967 bits per heavy atom. The van der Waals surface area contributed by atoms with Crippen molar-refractivity contribution < 1.29 is 4.74 Å². The van der Waals surface area contributed by atoms with Crippen molar-refractivity contribution in [3.05, 3.63) is 101 Å². The molecule has 0 bridgehead atoms. The van der Waals surface area contributed by atoms with E-state index in [0.717, 1.165) is 39.5 Å². The number of unbranched alkanes of at least 4 members (excludes halogenated alkanes) is 1. The summed E-state index contributed by atoms with van der Waals surface area (Å²) < 4.78 is 9.62. The third kappa shape index (κ3) is 4.58. The van der Waals surface area contributed by atoms with Crippen molar-refractivity contribution in [1.29, 1.82) is 5.26 Å². The third-order valence-corrected chi connectivity index (χ3v) is 5.77. The standard InChI is InChI=1S/C26H23BrN2O/c27-23-12-6-11-22(18-23)24(13-4-5-16-28)29-17-15-21-10-7-14-25(26(21)29)30-19-20-8-2-1-3-9-20/h1-3,6-12,14-15,17-18,24H,4-5,13,19H2/t24-/m0/s1. The van der Waals surface area contributed by atoms with Crippen molar-refractivity contribution in [2.24, 2.45) is 0 Å². The number of rotatable bonds is 8. The molecule has 4 heteroatoms. The molecule has 0 amide bonds. The minimum atomic E-state index is 0.134. The van der Waals surface area contributed by atoms with Gasteiger partial charge in [-0.1, -0.05) is 70.5 Å². The lowest BCUT2D eigenvalue weighted by molar-refractivity contribution is 0.308. The highest BCUT2D eigenvalue weighted by atomic mass is 79.9. The zero-order chi connectivity index (χ0) is 20.8. The Kier molecular flexibility index (Phi) is 6.51. The molecule has 1 atom stereocenters. The molecular formula is C26H23BrN2O. The first-order chi connectivity index (χ1) is 14.8. The zero-order valence-corrected chi connectivity index (χ0v) is 18.3. The molecule has 4 rings (SSSR count). The molecule has 1 aromatic heterocycles. The van der Waals surface area contributed by atoms with Crippen molar-refractivity contribution in [3.8, 4) is 11.8 Å². The minimum Gasteiger partial charge on any atom is -0.487 e. The Labute approximate surface area is 185 Å². The van der Waals surface area contributed by atoms with Crippen LogP contribution in [-0.4, -0.2) is 4.57 Å². The molecule has 0 radical (unpaired) electrons. The van der Waals surface area contributed by atoms with Gasteiger partial charge in [-0.25, -0.2) is 0 Å². The summed E-state index contributed by atoms with van der Waals surface area (Å²) in [7, 11) is 0. The number of para-hydroxylation sites is 1. The molecule has 1 heterocycles. The van der Waals surface area contributed by atoms with Crippen LogP contribution in [0, 0.1) is 11.3 Å². The lowest BCUT2D eigenvalue weighted by Gasteiger charge is -2.22. The maximum atomic E-state index is 9.03. The summed E-state index contributed by atoms with van der Waals surface area (Å²) >= 11 is 3.60. The first kappa shape index (κ1) is 20.3. The zero-order valence-electron chi connectivity index (χ0n) is 16.7. The highest BCUT2D eigenvalue weighted by Crippen LogP contribution is 2.35. The molecule has 150 valence electrons. The second-order valence-corrected chi connectivity index (χ2v) is 8.23. The fraction of sp³-hybridized carbons (Fsp3) is 0.192. The Morgan fingerprint density at radius 2 is 1.80 bits per heavy atom. The van der Waals surface area contributed by atoms with Crippen LogP contribution in [0.15, 0.2) is 89.5 Å². The normalized spacial score (nSPS) is 11.9. The predicted molar refractivity (Wildman–Crippen MR) is 124 cm³/mol. The van der Waals surface area contributed by atoms with Crippen LogP contribution in [0.5, 0.6) is 5.75 Å². The van der Waals surface area contributed by atoms with Gasteiger partial charge in [-0.3, -0.25) is 0 Å². The molecule has 3 nitrogen and oxygen atoms in total. The van der Waals surface area contributed by atoms with E-state index in [9.17, 15) is 0 Å². The molecule has 0 aliphatic rings. The monoisotopic (exact) mass is 458 g/mol. The summed E-state index contributed by atoms with van der Waals surface area (Å²) in [6, 6.07) is 29.4. The van der Waals surface area contributed by atoms with Gasteiger partial charge in [0.05, 0.1) is 17.6 Å². The van der Waals surface area contributed by atoms with E-state index in [-0.39, 0.29) is 6.04 Å². The number of nitriles is 1. The quantitative estimate of drug-likeness (QED) is 0.260. The summed E-state index contributed by atoms with van der Waals surface area (Å²) in [4.78, 5) is 0. The molecule has 0 unspecified atom stereocenters. The van der Waals surface area contributed by atoms with E-state index in [2.05, 4.69) is 75.2 Å². The third-order valence-electron chi connectivity index (χ3n) is 5.28. The molecule has 0 aliphatic heterocycles. The second-order valence-electron chi connectivity index (χ2n) is 7.31. The number of hydrogen-bond donors (Lipinski definition) is 0. The lowest BCUT2D eigenvalue weighted by atomic mass is 10.0. The molecule has 3 aromatic carbocycles. The first-order valence-electron chi connectivity index (χ1n) is 10.1. The van der Waals surface area contributed by atoms with Crippen LogP contribution in [0.1, 0.15) is 36.4 Å². The van der Waals surface area contributed by atoms with Gasteiger partial charge < -0.3 is 9.30 Å². The van der Waals surface area contributed by atoms with E-state index >= 15 is 0 Å². The van der Waals surface area contributed by atoms with E-state index in [1.807, 2.05) is 36.4 Å². The van der Waals surface area contributed by atoms with Gasteiger partial charge in [-0.15, -0.1) is 0 Å². The number of nitrogens with zero attached hydrogens (tertiary/aromatic N) is 2. The Hall–Kier alpha value is -3.03. The number of ether oxygens (including phenoxy) is 1. The predicted octanol–water partition coefficient (Wildman–Crippen LogP) is 7.27. The van der Waals surface area contributed by atoms with Gasteiger partial charge in [-0.2, -0.15) is 5.26 Å². The van der Waals surface area contributed by atoms with Crippen molar-refractivity contribution in [1.82, 2.24) is 4.57 Å². The van der Waals surface area contributed by atoms with Crippen LogP contribution < -0.4 is 4.74 Å². The van der Waals surface area contributed by atoms with Gasteiger partial charge in [0.2, 0.25) is 0 Å². The molecule has 0 N–H and O–H groups in total. The van der Waals surface area contributed by atoms with Crippen molar-refractivity contribution in [2.45, 2.75) is 31.9 Å². The summed E-state index contributed by atoms with van der Waals surface area (Å²) in [5.41, 5.74) is 3.46. The average molecular weight is 459 g/mol. The highest BCUT2D eigenvalue weighted by Gasteiger charge is 2.18. The van der Waals surface area contributed by atoms with Gasteiger partial charge >= 0.3 is 0 Å². The molecule has 4 aromatic rings. The second kappa shape index (κ2) is 9.65. The molecular weight excluding hydrogens is 436 g/mol. The number of fused-ring (bicyclic) bond motifs is 1. The van der Waals surface area contributed by atoms with Gasteiger partial charge in [0.25, 0.3) is 0 Å². The van der Waals surface area contributed by atoms with Crippen molar-refractivity contribution in [2.75, 3.05) is 0 Å². The topological polar surface area (TPSA) is 38.0 Å². The number of aromatic nitrogens is 1. The summed E-state index contributed by atoms with van der Waals surface area (Å²) in [5, 5.41) is 10.2. The molecule has 0 saturated carbocycles. The van der Waals surface area contributed by atoms with E-state index < -0.39 is 0 Å². The molecule has 0 fully saturated rings. The van der Waals surface area contributed by atoms with Gasteiger partial charge in [-0.05, 0) is 48.2 Å². The Bertz CT molecular complexity index is 1160. The van der Waals surface area contributed by atoms with Crippen LogP contribution in [0.2, 0.25) is 0 Å². The highest BCUT2D eigenvalue weighted by molar-refractivity contribution is 9.10. The Morgan fingerprint density at radius 3 is 2.60 bits per heavy atom. The fourth-order valence-electron chi connectivity index (χ4n) is 3.85. The first-order valence-corrected chi connectivity index (χ1v) is 10.9. The summed E-state index contributed by atoms with van der Waals surface area (Å²) in [6.45, 7) is 0.529. The number of hydrogen-bond acceptors (Lipinski definition) is 2. The minimum absolute atomic E-state index is 0.134. The van der Waals surface area contributed by atoms with E-state index in [0.29, 0.717) is 13.0 Å².